The molecule has 2 aromatic rings. The Balaban J connectivity index is 2.31. The van der Waals surface area contributed by atoms with Gasteiger partial charge in [-0.25, -0.2) is 4.98 Å². The summed E-state index contributed by atoms with van der Waals surface area (Å²) in [6.45, 7) is 4.11. The molecule has 1 aromatic carbocycles. The number of benzene rings is 1. The molecule has 0 saturated carbocycles. The van der Waals surface area contributed by atoms with Crippen LogP contribution in [0, 0.1) is 10.1 Å². The van der Waals surface area contributed by atoms with Crippen LogP contribution in [0.1, 0.15) is 13.3 Å². The number of nitrogens with zero attached hydrogens (tertiary/aromatic N) is 3. The highest BCUT2D eigenvalue weighted by atomic mass is 16.6. The summed E-state index contributed by atoms with van der Waals surface area (Å²) in [5.41, 5.74) is 0.119. The zero-order chi connectivity index (χ0) is 14.5. The highest BCUT2D eigenvalue weighted by Crippen LogP contribution is 2.15. The van der Waals surface area contributed by atoms with E-state index in [1.54, 1.807) is 0 Å². The second kappa shape index (κ2) is 6.25. The van der Waals surface area contributed by atoms with Crippen LogP contribution in [-0.4, -0.2) is 27.6 Å². The molecule has 1 N–H and O–H groups in total. The molecule has 20 heavy (non-hydrogen) atoms. The summed E-state index contributed by atoms with van der Waals surface area (Å²) in [4.78, 5) is 26.6. The van der Waals surface area contributed by atoms with Gasteiger partial charge >= 0.3 is 0 Å². The van der Waals surface area contributed by atoms with Crippen molar-refractivity contribution in [2.75, 3.05) is 13.1 Å². The summed E-state index contributed by atoms with van der Waals surface area (Å²) < 4.78 is 1.47. The molecule has 0 spiro atoms. The number of hydrogen-bond donors (Lipinski definition) is 1. The van der Waals surface area contributed by atoms with Crippen molar-refractivity contribution in [2.45, 2.75) is 19.9 Å². The van der Waals surface area contributed by atoms with E-state index in [0.29, 0.717) is 18.6 Å². The maximum absolute atomic E-state index is 12.2. The van der Waals surface area contributed by atoms with Crippen LogP contribution >= 0.6 is 0 Å². The van der Waals surface area contributed by atoms with E-state index in [4.69, 9.17) is 0 Å². The zero-order valence-electron chi connectivity index (χ0n) is 11.2. The van der Waals surface area contributed by atoms with Gasteiger partial charge in [0.2, 0.25) is 0 Å². The molecule has 0 saturated heterocycles. The minimum atomic E-state index is -0.515. The van der Waals surface area contributed by atoms with Gasteiger partial charge in [0.15, 0.2) is 0 Å². The van der Waals surface area contributed by atoms with E-state index >= 15 is 0 Å². The van der Waals surface area contributed by atoms with E-state index in [-0.39, 0.29) is 16.6 Å². The van der Waals surface area contributed by atoms with Gasteiger partial charge < -0.3 is 5.32 Å². The number of nitro benzene ring substituents is 1. The van der Waals surface area contributed by atoms with E-state index in [9.17, 15) is 14.9 Å². The third-order valence-electron chi connectivity index (χ3n) is 2.97. The smallest absolute Gasteiger partial charge is 0.270 e. The Morgan fingerprint density at radius 3 is 2.90 bits per heavy atom. The van der Waals surface area contributed by atoms with Crippen LogP contribution in [0.4, 0.5) is 5.69 Å². The van der Waals surface area contributed by atoms with Crippen molar-refractivity contribution in [3.63, 3.8) is 0 Å². The van der Waals surface area contributed by atoms with Crippen LogP contribution in [0.15, 0.2) is 29.3 Å². The molecule has 1 aromatic heterocycles. The Hall–Kier alpha value is -2.28. The number of aromatic nitrogens is 2. The van der Waals surface area contributed by atoms with Crippen molar-refractivity contribution in [1.82, 2.24) is 14.9 Å². The topological polar surface area (TPSA) is 90.1 Å². The molecule has 0 amide bonds. The maximum atomic E-state index is 12.2. The van der Waals surface area contributed by atoms with E-state index in [1.807, 2.05) is 0 Å². The lowest BCUT2D eigenvalue weighted by molar-refractivity contribution is -0.384. The highest BCUT2D eigenvalue weighted by Gasteiger charge is 2.10. The van der Waals surface area contributed by atoms with Gasteiger partial charge in [0.05, 0.1) is 22.2 Å². The van der Waals surface area contributed by atoms with Crippen molar-refractivity contribution < 1.29 is 4.92 Å². The Bertz CT molecular complexity index is 681. The van der Waals surface area contributed by atoms with Crippen molar-refractivity contribution in [3.8, 4) is 0 Å². The van der Waals surface area contributed by atoms with Gasteiger partial charge in [0, 0.05) is 25.2 Å². The fraction of sp³-hybridized carbons (Fsp3) is 0.385. The van der Waals surface area contributed by atoms with Crippen molar-refractivity contribution in [1.29, 1.82) is 0 Å². The maximum Gasteiger partial charge on any atom is 0.270 e. The monoisotopic (exact) mass is 276 g/mol. The van der Waals surface area contributed by atoms with Gasteiger partial charge in [-0.05, 0) is 19.0 Å². The summed E-state index contributed by atoms with van der Waals surface area (Å²) >= 11 is 0. The quantitative estimate of drug-likeness (QED) is 0.488. The van der Waals surface area contributed by atoms with E-state index in [2.05, 4.69) is 17.2 Å². The lowest BCUT2D eigenvalue weighted by atomic mass is 10.2. The molecule has 0 fully saturated rings. The van der Waals surface area contributed by atoms with Gasteiger partial charge in [-0.15, -0.1) is 0 Å². The average molecular weight is 276 g/mol. The van der Waals surface area contributed by atoms with Crippen LogP contribution in [0.25, 0.3) is 10.9 Å². The summed E-state index contributed by atoms with van der Waals surface area (Å²) in [5.74, 6) is 0. The number of rotatable bonds is 6. The van der Waals surface area contributed by atoms with Gasteiger partial charge in [-0.3, -0.25) is 19.5 Å². The van der Waals surface area contributed by atoms with Gasteiger partial charge in [0.25, 0.3) is 11.2 Å². The Morgan fingerprint density at radius 1 is 1.40 bits per heavy atom. The van der Waals surface area contributed by atoms with Crippen LogP contribution in [0.2, 0.25) is 0 Å². The average Bonchev–Trinajstić information content (AvgIpc) is 2.45. The van der Waals surface area contributed by atoms with E-state index in [0.717, 1.165) is 13.0 Å². The Morgan fingerprint density at radius 2 is 2.20 bits per heavy atom. The molecule has 0 bridgehead atoms. The number of fused-ring (bicyclic) bond motifs is 1. The molecule has 0 unspecified atom stereocenters. The first-order valence-electron chi connectivity index (χ1n) is 6.47. The Kier molecular flexibility index (Phi) is 4.41. The van der Waals surface area contributed by atoms with Crippen LogP contribution in [0.5, 0.6) is 0 Å². The lowest BCUT2D eigenvalue weighted by Gasteiger charge is -2.07. The number of hydrogen-bond acceptors (Lipinski definition) is 5. The first kappa shape index (κ1) is 14.1. The molecule has 0 radical (unpaired) electrons. The van der Waals surface area contributed by atoms with Gasteiger partial charge in [-0.2, -0.15) is 0 Å². The minimum Gasteiger partial charge on any atom is -0.315 e. The van der Waals surface area contributed by atoms with Gasteiger partial charge in [-0.1, -0.05) is 6.92 Å². The normalized spacial score (nSPS) is 10.8. The van der Waals surface area contributed by atoms with Gasteiger partial charge in [0.1, 0.15) is 0 Å². The van der Waals surface area contributed by atoms with E-state index in [1.165, 1.54) is 29.1 Å². The zero-order valence-corrected chi connectivity index (χ0v) is 11.2. The van der Waals surface area contributed by atoms with Crippen LogP contribution < -0.4 is 10.9 Å². The molecule has 7 nitrogen and oxygen atoms in total. The van der Waals surface area contributed by atoms with Crippen LogP contribution in [-0.2, 0) is 6.54 Å². The van der Waals surface area contributed by atoms with E-state index < -0.39 is 4.92 Å². The molecule has 0 atom stereocenters. The molecular weight excluding hydrogens is 260 g/mol. The van der Waals surface area contributed by atoms with Crippen molar-refractivity contribution in [3.05, 3.63) is 45.0 Å². The number of nitro groups is 1. The third-order valence-corrected chi connectivity index (χ3v) is 2.97. The third kappa shape index (κ3) is 3.00. The van der Waals surface area contributed by atoms with Crippen molar-refractivity contribution in [2.24, 2.45) is 0 Å². The fourth-order valence-corrected chi connectivity index (χ4v) is 1.92. The predicted molar refractivity (Wildman–Crippen MR) is 75.8 cm³/mol. The summed E-state index contributed by atoms with van der Waals surface area (Å²) in [5, 5.41) is 14.2. The largest absolute Gasteiger partial charge is 0.315 e. The SMILES string of the molecule is CCCNCCn1cnc2ccc([N+](=O)[O-])cc2c1=O. The molecule has 7 heteroatoms. The molecule has 0 aliphatic heterocycles. The second-order valence-corrected chi connectivity index (χ2v) is 4.45. The molecular formula is C13H16N4O3. The first-order chi connectivity index (χ1) is 9.63. The minimum absolute atomic E-state index is 0.0988. The number of non-ortho nitro benzene ring substituents is 1. The fourth-order valence-electron chi connectivity index (χ4n) is 1.92. The molecule has 0 aliphatic rings. The highest BCUT2D eigenvalue weighted by molar-refractivity contribution is 5.79. The molecule has 106 valence electrons. The summed E-state index contributed by atoms with van der Waals surface area (Å²) in [7, 11) is 0. The van der Waals surface area contributed by atoms with Crippen LogP contribution in [0.3, 0.4) is 0 Å². The molecule has 0 aliphatic carbocycles. The lowest BCUT2D eigenvalue weighted by Crippen LogP contribution is -2.27. The molecule has 2 rings (SSSR count). The Labute approximate surface area is 115 Å². The standard InChI is InChI=1S/C13H16N4O3/c1-2-5-14-6-7-16-9-15-12-4-3-10(17(19)20)8-11(12)13(16)18/h3-4,8-9,14H,2,5-7H2,1H3. The second-order valence-electron chi connectivity index (χ2n) is 4.45. The number of nitrogens with one attached hydrogen (secondary N) is 1. The van der Waals surface area contributed by atoms with Crippen molar-refractivity contribution >= 4 is 16.6 Å². The first-order valence-corrected chi connectivity index (χ1v) is 6.47. The summed E-state index contributed by atoms with van der Waals surface area (Å²) in [6.07, 6.45) is 2.50. The molecule has 1 heterocycles. The summed E-state index contributed by atoms with van der Waals surface area (Å²) in [6, 6.07) is 4.12. The predicted octanol–water partition coefficient (Wildman–Crippen LogP) is 1.30.